The van der Waals surface area contributed by atoms with Crippen molar-refractivity contribution >= 4 is 32.4 Å². The van der Waals surface area contributed by atoms with E-state index in [0.717, 1.165) is 0 Å². The van der Waals surface area contributed by atoms with Crippen LogP contribution in [-0.4, -0.2) is 7.63 Å². The predicted octanol–water partition coefficient (Wildman–Crippen LogP) is 10.1. The molecule has 2 aliphatic rings. The second-order valence-corrected chi connectivity index (χ2v) is 30.1. The maximum atomic E-state index is 2.77. The summed E-state index contributed by atoms with van der Waals surface area (Å²) in [6, 6.07) is 0. The maximum Gasteiger partial charge on any atom is -0.147 e. The molecule has 0 unspecified atom stereocenters. The van der Waals surface area contributed by atoms with E-state index in [1.165, 1.54) is 89.9 Å². The van der Waals surface area contributed by atoms with Crippen molar-refractivity contribution in [2.24, 2.45) is 0 Å². The van der Waals surface area contributed by atoms with Gasteiger partial charge in [-0.05, 0) is 0 Å². The quantitative estimate of drug-likeness (QED) is 0.194. The Hall–Kier alpha value is 0.471. The number of hydrogen-bond acceptors (Lipinski definition) is 0. The van der Waals surface area contributed by atoms with Crippen molar-refractivity contribution in [2.75, 3.05) is 0 Å². The Balaban J connectivity index is 0.00000480. The summed E-state index contributed by atoms with van der Waals surface area (Å²) in [7, 11) is 2.48. The third kappa shape index (κ3) is 8.30. The van der Waals surface area contributed by atoms with Crippen LogP contribution in [0.2, 0.25) is 10.5 Å². The number of hydrogen-bond donors (Lipinski definition) is 0. The largest absolute Gasteiger partial charge is 0.147 e. The molecule has 0 spiro atoms. The van der Waals surface area contributed by atoms with E-state index in [-0.39, 0.29) is 24.8 Å². The summed E-state index contributed by atoms with van der Waals surface area (Å²) < 4.78 is 3.89. The Morgan fingerprint density at radius 3 is 1.25 bits per heavy atom. The van der Waals surface area contributed by atoms with E-state index < -0.39 is 14.0 Å². The summed E-state index contributed by atoms with van der Waals surface area (Å²) >= 11 is -2.89. The fourth-order valence-electron chi connectivity index (χ4n) is 5.54. The molecule has 0 aromatic rings. The van der Waals surface area contributed by atoms with Gasteiger partial charge in [-0.3, -0.25) is 0 Å². The molecule has 0 saturated carbocycles. The monoisotopic (exact) mass is 534 g/mol. The van der Waals surface area contributed by atoms with Gasteiger partial charge < -0.3 is 0 Å². The van der Waals surface area contributed by atoms with Crippen molar-refractivity contribution in [3.63, 3.8) is 0 Å². The Morgan fingerprint density at radius 2 is 0.938 bits per heavy atom. The zero-order valence-electron chi connectivity index (χ0n) is 22.1. The Bertz CT molecular complexity index is 732. The third-order valence-electron chi connectivity index (χ3n) is 7.58. The standard InChI is InChI=1S/2C13H21.2CH3.2ClH.H2Si.Ti/c2*1-3-5-7-12-9-10-13(11-12)8-6-4-2;;;;;;/h2*11H,3-9H2,1-2H3;2*1H3;2*1H;1H2;. The first-order valence-corrected chi connectivity index (χ1v) is 21.9. The van der Waals surface area contributed by atoms with Crippen molar-refractivity contribution in [1.82, 2.24) is 0 Å². The van der Waals surface area contributed by atoms with Crippen LogP contribution in [0.3, 0.4) is 0 Å². The second-order valence-electron chi connectivity index (χ2n) is 11.1. The van der Waals surface area contributed by atoms with Crippen LogP contribution in [0.4, 0.5) is 0 Å². The first kappa shape index (κ1) is 32.5. The van der Waals surface area contributed by atoms with E-state index in [0.29, 0.717) is 0 Å². The SMILES string of the molecule is CCCCC1=CC(CCCC)=[C]([Ti]([CH3])([CH3])(=[SiH2])[C]2=C(CCCC)C=C(CCCC)C2)C1.Cl.Cl. The minimum absolute atomic E-state index is 0. The van der Waals surface area contributed by atoms with Crippen LogP contribution in [0.15, 0.2) is 42.2 Å². The number of unbranched alkanes of at least 4 members (excludes halogenated alkanes) is 4. The summed E-state index contributed by atoms with van der Waals surface area (Å²) in [6.07, 6.45) is 23.9. The van der Waals surface area contributed by atoms with Crippen molar-refractivity contribution in [2.45, 2.75) is 128 Å². The Labute approximate surface area is 215 Å². The van der Waals surface area contributed by atoms with Crippen LogP contribution in [0.5, 0.6) is 0 Å². The van der Waals surface area contributed by atoms with Gasteiger partial charge in [0, 0.05) is 0 Å². The molecule has 0 nitrogen and oxygen atoms in total. The first-order chi connectivity index (χ1) is 14.3. The molecule has 0 atom stereocenters. The Morgan fingerprint density at radius 1 is 0.625 bits per heavy atom. The molecule has 2 rings (SSSR count). The van der Waals surface area contributed by atoms with Gasteiger partial charge in [-0.15, -0.1) is 24.8 Å². The molecule has 0 radical (unpaired) electrons. The smallest absolute Gasteiger partial charge is 0.147 e. The van der Waals surface area contributed by atoms with Crippen molar-refractivity contribution in [3.05, 3.63) is 42.2 Å². The van der Waals surface area contributed by atoms with Crippen molar-refractivity contribution in [1.29, 1.82) is 0 Å². The number of rotatable bonds is 14. The Kier molecular flexibility index (Phi) is 15.0. The molecule has 2 aliphatic carbocycles. The molecule has 186 valence electrons. The van der Waals surface area contributed by atoms with E-state index in [4.69, 9.17) is 0 Å². The molecule has 0 bridgehead atoms. The molecule has 0 N–H and O–H groups in total. The second kappa shape index (κ2) is 14.8. The van der Waals surface area contributed by atoms with Crippen LogP contribution in [0.25, 0.3) is 0 Å². The topological polar surface area (TPSA) is 0 Å². The number of allylic oxidation sites excluding steroid dienone is 8. The van der Waals surface area contributed by atoms with Crippen LogP contribution < -0.4 is 0 Å². The van der Waals surface area contributed by atoms with Crippen LogP contribution in [0, 0.1) is 0 Å². The van der Waals surface area contributed by atoms with Crippen molar-refractivity contribution < 1.29 is 14.0 Å². The molecule has 4 heteroatoms. The van der Waals surface area contributed by atoms with Crippen LogP contribution >= 0.6 is 24.8 Å². The minimum Gasteiger partial charge on any atom is -0.147 e. The summed E-state index contributed by atoms with van der Waals surface area (Å²) in [5, 5.41) is 5.54. The third-order valence-corrected chi connectivity index (χ3v) is 18.7. The molecular weight excluding hydrogens is 483 g/mol. The molecule has 0 fully saturated rings. The summed E-state index contributed by atoms with van der Waals surface area (Å²) in [4.78, 5) is 0. The van der Waals surface area contributed by atoms with Gasteiger partial charge in [-0.25, -0.2) is 0 Å². The van der Waals surface area contributed by atoms with Gasteiger partial charge in [0.1, 0.15) is 0 Å². The van der Waals surface area contributed by atoms with Gasteiger partial charge in [0.2, 0.25) is 0 Å². The van der Waals surface area contributed by atoms with E-state index in [2.05, 4.69) is 57.9 Å². The molecular formula is C28H52Cl2SiTi. The van der Waals surface area contributed by atoms with E-state index in [1.807, 2.05) is 7.76 Å². The molecule has 0 heterocycles. The molecule has 0 aromatic carbocycles. The molecule has 0 aliphatic heterocycles. The first-order valence-electron chi connectivity index (χ1n) is 13.2. The van der Waals surface area contributed by atoms with Crippen LogP contribution in [-0.2, 0) is 14.0 Å². The molecule has 0 aromatic heterocycles. The average molecular weight is 536 g/mol. The minimum atomic E-state index is -2.89. The van der Waals surface area contributed by atoms with E-state index >= 15 is 0 Å². The average Bonchev–Trinajstić information content (AvgIpc) is 3.32. The molecule has 0 amide bonds. The van der Waals surface area contributed by atoms with E-state index in [9.17, 15) is 0 Å². The predicted molar refractivity (Wildman–Crippen MR) is 152 cm³/mol. The summed E-state index contributed by atoms with van der Waals surface area (Å²) in [6.45, 7) is 9.36. The van der Waals surface area contributed by atoms with Gasteiger partial charge in [0.15, 0.2) is 0 Å². The van der Waals surface area contributed by atoms with Gasteiger partial charge in [0.05, 0.1) is 0 Å². The fourth-order valence-corrected chi connectivity index (χ4v) is 15.3. The van der Waals surface area contributed by atoms with E-state index in [1.54, 1.807) is 22.3 Å². The fraction of sp³-hybridized carbons (Fsp3) is 0.714. The van der Waals surface area contributed by atoms with Gasteiger partial charge in [0.25, 0.3) is 0 Å². The van der Waals surface area contributed by atoms with Crippen LogP contribution in [0.1, 0.15) is 118 Å². The van der Waals surface area contributed by atoms with Gasteiger partial charge >= 0.3 is 192 Å². The normalized spacial score (nSPS) is 16.7. The molecule has 32 heavy (non-hydrogen) atoms. The molecule has 0 saturated heterocycles. The van der Waals surface area contributed by atoms with Crippen molar-refractivity contribution in [3.8, 4) is 0 Å². The zero-order chi connectivity index (χ0) is 22.2. The zero-order valence-corrected chi connectivity index (χ0v) is 26.7. The number of halogens is 2. The maximum absolute atomic E-state index is 2.89. The van der Waals surface area contributed by atoms with Gasteiger partial charge in [-0.1, -0.05) is 0 Å². The summed E-state index contributed by atoms with van der Waals surface area (Å²) in [5.74, 6) is 0. The van der Waals surface area contributed by atoms with Gasteiger partial charge in [-0.2, -0.15) is 0 Å². The summed E-state index contributed by atoms with van der Waals surface area (Å²) in [5.41, 5.74) is 7.03.